The fraction of sp³-hybridized carbons (Fsp3) is 0.700. The van der Waals surface area contributed by atoms with Gasteiger partial charge in [-0.2, -0.15) is 0 Å². The lowest BCUT2D eigenvalue weighted by atomic mass is 9.83. The van der Waals surface area contributed by atoms with Gasteiger partial charge in [-0.15, -0.1) is 0 Å². The lowest BCUT2D eigenvalue weighted by Crippen LogP contribution is -2.55. The first-order chi connectivity index (χ1) is 19.0. The predicted molar refractivity (Wildman–Crippen MR) is 149 cm³/mol. The molecule has 5 rings (SSSR count). The second-order valence-electron chi connectivity index (χ2n) is 11.4. The Morgan fingerprint density at radius 1 is 1.05 bits per heavy atom. The summed E-state index contributed by atoms with van der Waals surface area (Å²) < 4.78 is 11.6. The van der Waals surface area contributed by atoms with Crippen LogP contribution in [0, 0.1) is 5.92 Å². The average molecular weight is 541 g/mol. The number of benzene rings is 1. The van der Waals surface area contributed by atoms with Crippen molar-refractivity contribution in [2.45, 2.75) is 76.7 Å². The van der Waals surface area contributed by atoms with Crippen LogP contribution in [0.4, 0.5) is 5.69 Å². The van der Waals surface area contributed by atoms with E-state index >= 15 is 0 Å². The summed E-state index contributed by atoms with van der Waals surface area (Å²) in [5.74, 6) is -0.469. The van der Waals surface area contributed by atoms with Crippen LogP contribution in [0.2, 0.25) is 0 Å². The number of nitrogens with one attached hydrogen (secondary N) is 1. The van der Waals surface area contributed by atoms with Crippen LogP contribution in [0.15, 0.2) is 24.3 Å². The quantitative estimate of drug-likeness (QED) is 0.515. The molecule has 0 bridgehead atoms. The number of rotatable bonds is 9. The van der Waals surface area contributed by atoms with Crippen LogP contribution in [0.25, 0.3) is 0 Å². The lowest BCUT2D eigenvalue weighted by molar-refractivity contribution is -0.139. The Kier molecular flexibility index (Phi) is 9.20. The van der Waals surface area contributed by atoms with E-state index in [1.807, 2.05) is 31.2 Å². The summed E-state index contributed by atoms with van der Waals surface area (Å²) in [7, 11) is 0. The van der Waals surface area contributed by atoms with Crippen molar-refractivity contribution < 1.29 is 23.9 Å². The summed E-state index contributed by atoms with van der Waals surface area (Å²) in [6, 6.07) is 6.43. The molecular weight excluding hydrogens is 496 g/mol. The highest BCUT2D eigenvalue weighted by molar-refractivity contribution is 5.99. The van der Waals surface area contributed by atoms with Gasteiger partial charge in [-0.1, -0.05) is 26.2 Å². The summed E-state index contributed by atoms with van der Waals surface area (Å²) in [6.07, 6.45) is 5.43. The highest BCUT2D eigenvalue weighted by atomic mass is 16.6. The van der Waals surface area contributed by atoms with Gasteiger partial charge in [-0.05, 0) is 62.9 Å². The number of carbonyl (C=O) groups is 3. The fourth-order valence-corrected chi connectivity index (χ4v) is 6.82. The van der Waals surface area contributed by atoms with Crippen molar-refractivity contribution in [3.05, 3.63) is 29.8 Å². The van der Waals surface area contributed by atoms with E-state index in [-0.39, 0.29) is 36.2 Å². The van der Waals surface area contributed by atoms with Gasteiger partial charge in [0.05, 0.1) is 6.54 Å². The summed E-state index contributed by atoms with van der Waals surface area (Å²) in [5.41, 5.74) is 1.66. The minimum absolute atomic E-state index is 0.00312. The van der Waals surface area contributed by atoms with Crippen LogP contribution in [-0.2, 0) is 19.1 Å². The van der Waals surface area contributed by atoms with Crippen LogP contribution in [0.5, 0.6) is 0 Å². The third kappa shape index (κ3) is 6.15. The summed E-state index contributed by atoms with van der Waals surface area (Å²) >= 11 is 0. The first-order valence-corrected chi connectivity index (χ1v) is 14.9. The maximum atomic E-state index is 14.0. The standard InChI is InChI=1S/C30H44N4O5/c1-3-14-32-15-17-33(18-16-32)23-12-10-22(11-13-23)29(36)31-26(21-8-6-5-7-9-21)30(37)34-19-25(38-4-2)28-27(34)24(35)20-39-28/h10-13,21,25-28H,3-9,14-20H2,1-2H3,(H,31,36)/t25-,26-,27+,28+/m0/s1. The number of ether oxygens (including phenoxy) is 2. The van der Waals surface area contributed by atoms with E-state index in [1.54, 1.807) is 4.90 Å². The molecule has 4 fully saturated rings. The topological polar surface area (TPSA) is 91.4 Å². The molecule has 0 spiro atoms. The number of hydrogen-bond acceptors (Lipinski definition) is 7. The smallest absolute Gasteiger partial charge is 0.251 e. The maximum absolute atomic E-state index is 14.0. The van der Waals surface area contributed by atoms with Gasteiger partial charge in [0, 0.05) is 44.0 Å². The summed E-state index contributed by atoms with van der Waals surface area (Å²) in [5, 5.41) is 3.10. The molecule has 9 heteroatoms. The number of Topliss-reactive ketones (excluding diaryl/α,β-unsaturated/α-hetero) is 1. The third-order valence-corrected chi connectivity index (χ3v) is 8.88. The van der Waals surface area contributed by atoms with E-state index in [2.05, 4.69) is 22.0 Å². The number of fused-ring (bicyclic) bond motifs is 1. The maximum Gasteiger partial charge on any atom is 0.251 e. The van der Waals surface area contributed by atoms with Crippen LogP contribution in [0.1, 0.15) is 62.7 Å². The Labute approximate surface area is 232 Å². The zero-order valence-electron chi connectivity index (χ0n) is 23.5. The predicted octanol–water partition coefficient (Wildman–Crippen LogP) is 2.48. The van der Waals surface area contributed by atoms with E-state index in [9.17, 15) is 14.4 Å². The van der Waals surface area contributed by atoms with Gasteiger partial charge in [0.1, 0.15) is 30.9 Å². The van der Waals surface area contributed by atoms with Crippen molar-refractivity contribution in [3.63, 3.8) is 0 Å². The van der Waals surface area contributed by atoms with Crippen molar-refractivity contribution in [3.8, 4) is 0 Å². The van der Waals surface area contributed by atoms with Gasteiger partial charge in [-0.25, -0.2) is 0 Å². The van der Waals surface area contributed by atoms with Gasteiger partial charge >= 0.3 is 0 Å². The largest absolute Gasteiger partial charge is 0.374 e. The van der Waals surface area contributed by atoms with Gasteiger partial charge in [-0.3, -0.25) is 19.3 Å². The molecule has 2 amide bonds. The molecule has 3 aliphatic heterocycles. The number of hydrogen-bond donors (Lipinski definition) is 1. The van der Waals surface area contributed by atoms with Crippen LogP contribution < -0.4 is 10.2 Å². The number of nitrogens with zero attached hydrogens (tertiary/aromatic N) is 3. The van der Waals surface area contributed by atoms with Crippen LogP contribution >= 0.6 is 0 Å². The molecule has 4 atom stereocenters. The molecule has 1 N–H and O–H groups in total. The number of likely N-dealkylation sites (tertiary alicyclic amines) is 1. The first-order valence-electron chi connectivity index (χ1n) is 14.9. The molecule has 3 heterocycles. The van der Waals surface area contributed by atoms with E-state index in [1.165, 1.54) is 6.42 Å². The highest BCUT2D eigenvalue weighted by Gasteiger charge is 2.54. The zero-order valence-corrected chi connectivity index (χ0v) is 23.5. The lowest BCUT2D eigenvalue weighted by Gasteiger charge is -2.36. The van der Waals surface area contributed by atoms with E-state index < -0.39 is 18.2 Å². The number of amides is 2. The molecule has 1 aliphatic carbocycles. The molecule has 3 saturated heterocycles. The second-order valence-corrected chi connectivity index (χ2v) is 11.4. The minimum Gasteiger partial charge on any atom is -0.374 e. The molecule has 1 aromatic carbocycles. The Morgan fingerprint density at radius 2 is 1.77 bits per heavy atom. The van der Waals surface area contributed by atoms with Crippen LogP contribution in [0.3, 0.4) is 0 Å². The van der Waals surface area contributed by atoms with Crippen molar-refractivity contribution in [1.29, 1.82) is 0 Å². The number of ketones is 1. The molecule has 9 nitrogen and oxygen atoms in total. The van der Waals surface area contributed by atoms with Crippen LogP contribution in [-0.4, -0.2) is 104 Å². The number of anilines is 1. The molecule has 214 valence electrons. The summed E-state index contributed by atoms with van der Waals surface area (Å²) in [4.78, 5) is 46.7. The van der Waals surface area contributed by atoms with Gasteiger partial charge < -0.3 is 24.6 Å². The molecule has 0 aromatic heterocycles. The highest BCUT2D eigenvalue weighted by Crippen LogP contribution is 2.33. The van der Waals surface area contributed by atoms with Gasteiger partial charge in [0.15, 0.2) is 5.78 Å². The number of piperazine rings is 1. The second kappa shape index (κ2) is 12.8. The van der Waals surface area contributed by atoms with E-state index in [0.29, 0.717) is 18.7 Å². The van der Waals surface area contributed by atoms with Gasteiger partial charge in [0.2, 0.25) is 5.91 Å². The first kappa shape index (κ1) is 28.1. The molecular formula is C30H44N4O5. The molecule has 1 aromatic rings. The summed E-state index contributed by atoms with van der Waals surface area (Å²) in [6.45, 7) is 10.1. The van der Waals surface area contributed by atoms with Crippen molar-refractivity contribution >= 4 is 23.3 Å². The van der Waals surface area contributed by atoms with E-state index in [0.717, 1.165) is 70.5 Å². The van der Waals surface area contributed by atoms with Crippen molar-refractivity contribution in [2.75, 3.05) is 57.4 Å². The molecule has 4 aliphatic rings. The van der Waals surface area contributed by atoms with Crippen molar-refractivity contribution in [1.82, 2.24) is 15.1 Å². The van der Waals surface area contributed by atoms with E-state index in [4.69, 9.17) is 9.47 Å². The Balaban J connectivity index is 1.28. The number of carbonyl (C=O) groups excluding carboxylic acids is 3. The van der Waals surface area contributed by atoms with Crippen molar-refractivity contribution in [2.24, 2.45) is 5.92 Å². The molecule has 39 heavy (non-hydrogen) atoms. The molecule has 1 saturated carbocycles. The monoisotopic (exact) mass is 540 g/mol. The zero-order chi connectivity index (χ0) is 27.4. The van der Waals surface area contributed by atoms with Gasteiger partial charge in [0.25, 0.3) is 5.91 Å². The molecule has 0 unspecified atom stereocenters. The Bertz CT molecular complexity index is 1000. The average Bonchev–Trinajstić information content (AvgIpc) is 3.53. The fourth-order valence-electron chi connectivity index (χ4n) is 6.82. The third-order valence-electron chi connectivity index (χ3n) is 8.88. The Hall–Kier alpha value is -2.49. The normalized spacial score (nSPS) is 27.0. The molecule has 0 radical (unpaired) electrons. The SMILES string of the molecule is CCCN1CCN(c2ccc(C(=O)N[C@H](C(=O)N3C[C@H](OCC)[C@H]4OCC(=O)[C@H]43)C3CCCCC3)cc2)CC1. The Morgan fingerprint density at radius 3 is 2.44 bits per heavy atom. The minimum atomic E-state index is -0.668.